The Labute approximate surface area is 199 Å². The first-order chi connectivity index (χ1) is 15.8. The van der Waals surface area contributed by atoms with E-state index in [1.807, 2.05) is 43.4 Å². The van der Waals surface area contributed by atoms with Crippen LogP contribution in [0.1, 0.15) is 31.4 Å². The Morgan fingerprint density at radius 1 is 1.09 bits per heavy atom. The molecule has 1 heterocycles. The molecule has 3 rings (SSSR count). The molecule has 0 aliphatic heterocycles. The van der Waals surface area contributed by atoms with Crippen LogP contribution in [0.4, 0.5) is 5.69 Å². The van der Waals surface area contributed by atoms with E-state index >= 15 is 0 Å². The van der Waals surface area contributed by atoms with Crippen molar-refractivity contribution in [3.8, 4) is 11.3 Å². The lowest BCUT2D eigenvalue weighted by molar-refractivity contribution is -0.116. The number of hydrogen-bond donors (Lipinski definition) is 1. The lowest BCUT2D eigenvalue weighted by atomic mass is 10.0. The van der Waals surface area contributed by atoms with Gasteiger partial charge in [0.25, 0.3) is 0 Å². The van der Waals surface area contributed by atoms with Crippen molar-refractivity contribution in [3.05, 3.63) is 70.9 Å². The number of aromatic nitrogens is 2. The van der Waals surface area contributed by atoms with Crippen LogP contribution >= 0.6 is 19.2 Å². The summed E-state index contributed by atoms with van der Waals surface area (Å²) >= 11 is 6.00. The molecule has 0 fully saturated rings. The molecule has 0 saturated carbocycles. The van der Waals surface area contributed by atoms with Crippen molar-refractivity contribution >= 4 is 30.8 Å². The topological polar surface area (TPSA) is 82.4 Å². The molecule has 1 atom stereocenters. The van der Waals surface area contributed by atoms with Crippen LogP contribution in [-0.4, -0.2) is 28.5 Å². The third kappa shape index (κ3) is 7.02. The molecular weight excluding hydrogens is 461 g/mol. The zero-order chi connectivity index (χ0) is 23.8. The zero-order valence-electron chi connectivity index (χ0n) is 19.1. The average molecular weight is 490 g/mol. The second-order valence-electron chi connectivity index (χ2n) is 7.51. The van der Waals surface area contributed by atoms with Gasteiger partial charge in [-0.3, -0.25) is 14.0 Å². The highest BCUT2D eigenvalue weighted by atomic mass is 35.5. The van der Waals surface area contributed by atoms with Crippen LogP contribution in [0.25, 0.3) is 11.3 Å². The second kappa shape index (κ2) is 11.6. The minimum atomic E-state index is -3.05. The fourth-order valence-electron chi connectivity index (χ4n) is 3.39. The largest absolute Gasteiger partial charge is 0.330 e. The van der Waals surface area contributed by atoms with Crippen molar-refractivity contribution in [3.63, 3.8) is 0 Å². The highest BCUT2D eigenvalue weighted by Crippen LogP contribution is 2.48. The van der Waals surface area contributed by atoms with Gasteiger partial charge in [-0.05, 0) is 48.7 Å². The van der Waals surface area contributed by atoms with Crippen molar-refractivity contribution < 1.29 is 18.4 Å². The summed E-state index contributed by atoms with van der Waals surface area (Å²) in [5, 5.41) is 7.94. The summed E-state index contributed by atoms with van der Waals surface area (Å²) in [5.74, 6) is -0.0864. The number of nitrogens with one attached hydrogen (secondary N) is 1. The quantitative estimate of drug-likeness (QED) is 0.330. The Morgan fingerprint density at radius 2 is 1.79 bits per heavy atom. The maximum atomic E-state index is 12.5. The predicted octanol–water partition coefficient (Wildman–Crippen LogP) is 6.08. The molecule has 176 valence electrons. The first-order valence-electron chi connectivity index (χ1n) is 10.9. The van der Waals surface area contributed by atoms with Crippen molar-refractivity contribution in [1.29, 1.82) is 0 Å². The number of hydrogen-bond acceptors (Lipinski definition) is 5. The molecule has 2 aromatic carbocycles. The van der Waals surface area contributed by atoms with Crippen LogP contribution in [0.15, 0.2) is 54.7 Å². The molecule has 0 aliphatic carbocycles. The highest BCUT2D eigenvalue weighted by molar-refractivity contribution is 7.53. The van der Waals surface area contributed by atoms with Gasteiger partial charge in [-0.15, -0.1) is 0 Å². The Kier molecular flexibility index (Phi) is 8.87. The van der Waals surface area contributed by atoms with Gasteiger partial charge in [-0.25, -0.2) is 0 Å². The van der Waals surface area contributed by atoms with Gasteiger partial charge < -0.3 is 14.4 Å². The van der Waals surface area contributed by atoms with Gasteiger partial charge in [0.05, 0.1) is 25.1 Å². The van der Waals surface area contributed by atoms with E-state index in [0.717, 1.165) is 22.4 Å². The summed E-state index contributed by atoms with van der Waals surface area (Å²) in [5.41, 5.74) is 4.52. The molecule has 1 N–H and O–H groups in total. The maximum absolute atomic E-state index is 12.5. The van der Waals surface area contributed by atoms with E-state index in [2.05, 4.69) is 10.4 Å². The van der Waals surface area contributed by atoms with E-state index in [-0.39, 0.29) is 12.5 Å². The summed E-state index contributed by atoms with van der Waals surface area (Å²) in [6.07, 6.45) is 3.01. The number of anilines is 1. The van der Waals surface area contributed by atoms with Crippen molar-refractivity contribution in [2.45, 2.75) is 33.3 Å². The standard InChI is InChI=1S/C24H29ClN3O4P/c1-4-31-33(30,5-2)32-17-18-6-13-22(14-7-18)27-23(29)15-10-20-16-26-28(3)24(20)19-8-11-21(25)12-9-19/h6-9,11-14,16H,4-5,10,15,17H2,1-3H3,(H,27,29). The number of rotatable bonds is 11. The van der Waals surface area contributed by atoms with E-state index < -0.39 is 7.60 Å². The summed E-state index contributed by atoms with van der Waals surface area (Å²) < 4.78 is 24.9. The predicted molar refractivity (Wildman–Crippen MR) is 132 cm³/mol. The average Bonchev–Trinajstić information content (AvgIpc) is 3.18. The SMILES string of the molecule is CCOP(=O)(CC)OCc1ccc(NC(=O)CCc2cnn(C)c2-c2ccc(Cl)cc2)cc1. The number of amides is 1. The van der Waals surface area contributed by atoms with Gasteiger partial charge in [-0.1, -0.05) is 42.8 Å². The van der Waals surface area contributed by atoms with E-state index in [9.17, 15) is 9.36 Å². The molecule has 1 amide bonds. The molecule has 0 aliphatic rings. The molecule has 0 spiro atoms. The molecule has 1 aromatic heterocycles. The monoisotopic (exact) mass is 489 g/mol. The molecule has 33 heavy (non-hydrogen) atoms. The summed E-state index contributed by atoms with van der Waals surface area (Å²) in [6, 6.07) is 14.8. The molecular formula is C24H29ClN3O4P. The Balaban J connectivity index is 1.55. The molecule has 0 radical (unpaired) electrons. The van der Waals surface area contributed by atoms with Crippen LogP contribution in [0.3, 0.4) is 0 Å². The Hall–Kier alpha value is -2.44. The smallest absolute Gasteiger partial charge is 0.326 e. The van der Waals surface area contributed by atoms with Crippen molar-refractivity contribution in [1.82, 2.24) is 9.78 Å². The van der Waals surface area contributed by atoms with E-state index in [1.54, 1.807) is 36.9 Å². The number of carbonyl (C=O) groups is 1. The number of nitrogens with zero attached hydrogens (tertiary/aromatic N) is 2. The number of aryl methyl sites for hydroxylation is 2. The van der Waals surface area contributed by atoms with Crippen LogP contribution in [0.5, 0.6) is 0 Å². The van der Waals surface area contributed by atoms with Gasteiger partial charge in [-0.2, -0.15) is 5.10 Å². The molecule has 9 heteroatoms. The van der Waals surface area contributed by atoms with E-state index in [0.29, 0.717) is 36.3 Å². The van der Waals surface area contributed by atoms with Gasteiger partial charge >= 0.3 is 7.60 Å². The van der Waals surface area contributed by atoms with Crippen LogP contribution in [0.2, 0.25) is 5.02 Å². The highest BCUT2D eigenvalue weighted by Gasteiger charge is 2.21. The van der Waals surface area contributed by atoms with Gasteiger partial charge in [0.1, 0.15) is 0 Å². The van der Waals surface area contributed by atoms with Crippen molar-refractivity contribution in [2.24, 2.45) is 7.05 Å². The van der Waals surface area contributed by atoms with Gasteiger partial charge in [0.2, 0.25) is 5.91 Å². The van der Waals surface area contributed by atoms with Crippen LogP contribution < -0.4 is 5.32 Å². The fourth-order valence-corrected chi connectivity index (χ4v) is 4.70. The minimum Gasteiger partial charge on any atom is -0.326 e. The summed E-state index contributed by atoms with van der Waals surface area (Å²) in [6.45, 7) is 4.10. The Morgan fingerprint density at radius 3 is 2.42 bits per heavy atom. The normalized spacial score (nSPS) is 13.0. The first kappa shape index (κ1) is 25.2. The molecule has 0 saturated heterocycles. The third-order valence-electron chi connectivity index (χ3n) is 5.13. The zero-order valence-corrected chi connectivity index (χ0v) is 20.7. The molecule has 3 aromatic rings. The summed E-state index contributed by atoms with van der Waals surface area (Å²) in [4.78, 5) is 12.5. The third-order valence-corrected chi connectivity index (χ3v) is 7.33. The first-order valence-corrected chi connectivity index (χ1v) is 13.0. The van der Waals surface area contributed by atoms with E-state index in [4.69, 9.17) is 20.6 Å². The maximum Gasteiger partial charge on any atom is 0.330 e. The number of halogens is 1. The Bertz CT molecular complexity index is 1110. The van der Waals surface area contributed by atoms with E-state index in [1.165, 1.54) is 0 Å². The lowest BCUT2D eigenvalue weighted by Crippen LogP contribution is -2.12. The van der Waals surface area contributed by atoms with Gasteiger partial charge in [0.15, 0.2) is 0 Å². The van der Waals surface area contributed by atoms with Crippen LogP contribution in [0, 0.1) is 0 Å². The number of carbonyl (C=O) groups excluding carboxylic acids is 1. The fraction of sp³-hybridized carbons (Fsp3) is 0.333. The van der Waals surface area contributed by atoms with Crippen LogP contribution in [-0.2, 0) is 38.5 Å². The summed E-state index contributed by atoms with van der Waals surface area (Å²) in [7, 11) is -1.17. The van der Waals surface area contributed by atoms with Gasteiger partial charge in [0, 0.05) is 35.9 Å². The minimum absolute atomic E-state index is 0.0864. The lowest BCUT2D eigenvalue weighted by Gasteiger charge is -2.16. The molecule has 1 unspecified atom stereocenters. The number of benzene rings is 2. The molecule has 0 bridgehead atoms. The molecule has 7 nitrogen and oxygen atoms in total. The second-order valence-corrected chi connectivity index (χ2v) is 10.3. The van der Waals surface area contributed by atoms with Crippen molar-refractivity contribution in [2.75, 3.05) is 18.1 Å².